The molecule has 15 heteroatoms. The Balaban J connectivity index is 1.71. The molecule has 3 amide bonds. The zero-order valence-corrected chi connectivity index (χ0v) is 32.6. The molecule has 0 bridgehead atoms. The molecule has 270 valence electrons. The van der Waals surface area contributed by atoms with E-state index in [2.05, 4.69) is 48.1 Å². The van der Waals surface area contributed by atoms with Crippen LogP contribution in [0.15, 0.2) is 34.8 Å². The van der Waals surface area contributed by atoms with Crippen molar-refractivity contribution >= 4 is 60.5 Å². The van der Waals surface area contributed by atoms with Crippen LogP contribution >= 0.6 is 11.3 Å². The van der Waals surface area contributed by atoms with E-state index in [0.717, 1.165) is 23.1 Å². The number of carbonyl (C=O) groups is 4. The number of β-lactam (4-membered cyclic amide) rings is 1. The lowest BCUT2D eigenvalue weighted by atomic mass is 10.0. The van der Waals surface area contributed by atoms with Crippen molar-refractivity contribution in [3.05, 3.63) is 40.9 Å². The van der Waals surface area contributed by atoms with E-state index in [-0.39, 0.29) is 29.0 Å². The van der Waals surface area contributed by atoms with Crippen molar-refractivity contribution in [1.82, 2.24) is 10.3 Å². The van der Waals surface area contributed by atoms with Crippen LogP contribution < -0.4 is 15.5 Å². The number of carbonyl (C=O) groups excluding carboxylic acids is 4. The predicted molar refractivity (Wildman–Crippen MR) is 193 cm³/mol. The number of hydrogen-bond donors (Lipinski definition) is 2. The average molecular weight is 718 g/mol. The van der Waals surface area contributed by atoms with Gasteiger partial charge in [-0.2, -0.15) is 0 Å². The number of nitrogens with zero attached hydrogens (tertiary/aromatic N) is 3. The number of benzene rings is 1. The monoisotopic (exact) mass is 717 g/mol. The molecular weight excluding hydrogens is 667 g/mol. The third kappa shape index (κ3) is 11.9. The van der Waals surface area contributed by atoms with Crippen LogP contribution in [0.2, 0.25) is 11.6 Å². The Bertz CT molecular complexity index is 1540. The van der Waals surface area contributed by atoms with Gasteiger partial charge >= 0.3 is 12.1 Å². The summed E-state index contributed by atoms with van der Waals surface area (Å²) in [6.45, 7) is 23.0. The molecule has 49 heavy (non-hydrogen) atoms. The summed E-state index contributed by atoms with van der Waals surface area (Å²) in [5.74, 6) is -1.76. The third-order valence-corrected chi connectivity index (χ3v) is 11.9. The first kappa shape index (κ1) is 39.6. The van der Waals surface area contributed by atoms with Gasteiger partial charge in [0.05, 0.1) is 21.9 Å². The van der Waals surface area contributed by atoms with Crippen LogP contribution in [0.3, 0.4) is 0 Å². The Morgan fingerprint density at radius 1 is 0.980 bits per heavy atom. The summed E-state index contributed by atoms with van der Waals surface area (Å²) in [6, 6.07) is 6.73. The molecule has 1 aliphatic heterocycles. The van der Waals surface area contributed by atoms with Crippen molar-refractivity contribution in [2.45, 2.75) is 117 Å². The van der Waals surface area contributed by atoms with Crippen LogP contribution in [-0.2, 0) is 40.0 Å². The fourth-order valence-electron chi connectivity index (χ4n) is 4.00. The van der Waals surface area contributed by atoms with Gasteiger partial charge in [0, 0.05) is 17.3 Å². The fourth-order valence-corrected chi connectivity index (χ4v) is 5.65. The van der Waals surface area contributed by atoms with Gasteiger partial charge in [0.2, 0.25) is 5.60 Å². The smallest absolute Gasteiger partial charge is 0.413 e. The van der Waals surface area contributed by atoms with Gasteiger partial charge in [0.1, 0.15) is 22.9 Å². The summed E-state index contributed by atoms with van der Waals surface area (Å²) in [5.41, 5.74) is -1.63. The highest BCUT2D eigenvalue weighted by Crippen LogP contribution is 2.27. The minimum Gasteiger partial charge on any atom is -0.457 e. The number of aromatic nitrogens is 1. The molecule has 1 aromatic carbocycles. The highest BCUT2D eigenvalue weighted by Gasteiger charge is 2.40. The number of thiazole rings is 1. The van der Waals surface area contributed by atoms with E-state index >= 15 is 0 Å². The van der Waals surface area contributed by atoms with E-state index in [9.17, 15) is 19.2 Å². The second-order valence-electron chi connectivity index (χ2n) is 15.6. The summed E-state index contributed by atoms with van der Waals surface area (Å²) < 4.78 is 16.7. The number of amides is 3. The van der Waals surface area contributed by atoms with Crippen LogP contribution in [0.25, 0.3) is 0 Å². The van der Waals surface area contributed by atoms with Crippen molar-refractivity contribution in [3.63, 3.8) is 0 Å². The van der Waals surface area contributed by atoms with E-state index in [1.165, 1.54) is 19.2 Å². The Labute approximate surface area is 294 Å². The molecule has 0 radical (unpaired) electrons. The molecule has 2 atom stereocenters. The molecule has 1 saturated heterocycles. The Kier molecular flexibility index (Phi) is 12.4. The summed E-state index contributed by atoms with van der Waals surface area (Å²) in [6.07, 6.45) is 0.0605. The SMILES string of the molecule is C[SiH](COCc1ccc(N2C[C@H](NC(=O)/C(=N\OC(C)(C)C(=O)OC(C)(C)C)c3csc(NC(=O)OC(C)(C)C)n3)C2=O)cc1)C(C)(C)C. The number of oxime groups is 1. The maximum atomic E-state index is 13.6. The fraction of sp³-hybridized carbons (Fsp3) is 0.588. The first-order valence-electron chi connectivity index (χ1n) is 16.2. The molecule has 1 unspecified atom stereocenters. The minimum absolute atomic E-state index is 0.0505. The highest BCUT2D eigenvalue weighted by atomic mass is 32.1. The number of ether oxygens (including phenoxy) is 3. The molecule has 13 nitrogen and oxygen atoms in total. The quantitative estimate of drug-likeness (QED) is 0.0941. The second kappa shape index (κ2) is 15.4. The maximum Gasteiger partial charge on any atom is 0.413 e. The summed E-state index contributed by atoms with van der Waals surface area (Å²) >= 11 is 1.03. The Morgan fingerprint density at radius 3 is 2.14 bits per heavy atom. The Morgan fingerprint density at radius 2 is 1.59 bits per heavy atom. The molecule has 0 spiro atoms. The molecule has 1 aliphatic rings. The maximum absolute atomic E-state index is 13.6. The van der Waals surface area contributed by atoms with Gasteiger partial charge in [0.15, 0.2) is 10.8 Å². The van der Waals surface area contributed by atoms with Crippen LogP contribution in [0.1, 0.15) is 87.4 Å². The highest BCUT2D eigenvalue weighted by molar-refractivity contribution is 7.14. The van der Waals surface area contributed by atoms with E-state index in [1.54, 1.807) is 46.4 Å². The van der Waals surface area contributed by atoms with Gasteiger partial charge < -0.3 is 29.3 Å². The lowest BCUT2D eigenvalue weighted by Gasteiger charge is -2.38. The zero-order valence-electron chi connectivity index (χ0n) is 30.7. The van der Waals surface area contributed by atoms with Crippen LogP contribution in [0, 0.1) is 0 Å². The van der Waals surface area contributed by atoms with Gasteiger partial charge in [-0.15, -0.1) is 11.3 Å². The molecular formula is C34H51N5O8SSi. The van der Waals surface area contributed by atoms with Crippen molar-refractivity contribution in [2.24, 2.45) is 5.16 Å². The van der Waals surface area contributed by atoms with Crippen molar-refractivity contribution in [2.75, 3.05) is 23.0 Å². The number of hydrogen-bond acceptors (Lipinski definition) is 11. The number of esters is 1. The minimum atomic E-state index is -1.57. The lowest BCUT2D eigenvalue weighted by Crippen LogP contribution is -2.65. The van der Waals surface area contributed by atoms with Crippen molar-refractivity contribution in [3.8, 4) is 0 Å². The summed E-state index contributed by atoms with van der Waals surface area (Å²) in [4.78, 5) is 63.2. The van der Waals surface area contributed by atoms with E-state index in [1.807, 2.05) is 24.3 Å². The van der Waals surface area contributed by atoms with E-state index in [0.29, 0.717) is 17.3 Å². The first-order chi connectivity index (χ1) is 22.4. The van der Waals surface area contributed by atoms with Crippen molar-refractivity contribution < 1.29 is 38.2 Å². The van der Waals surface area contributed by atoms with Crippen molar-refractivity contribution in [1.29, 1.82) is 0 Å². The van der Waals surface area contributed by atoms with Crippen LogP contribution in [0.4, 0.5) is 15.6 Å². The zero-order chi connectivity index (χ0) is 36.9. The van der Waals surface area contributed by atoms with Crippen LogP contribution in [-0.4, -0.2) is 79.0 Å². The Hall–Kier alpha value is -3.82. The van der Waals surface area contributed by atoms with Gasteiger partial charge in [-0.3, -0.25) is 14.9 Å². The van der Waals surface area contributed by atoms with Gasteiger partial charge in [0.25, 0.3) is 11.8 Å². The first-order valence-corrected chi connectivity index (χ1v) is 19.6. The second-order valence-corrected chi connectivity index (χ2v) is 20.4. The molecule has 0 aliphatic carbocycles. The molecule has 2 heterocycles. The molecule has 2 aromatic rings. The molecule has 1 aromatic heterocycles. The van der Waals surface area contributed by atoms with Gasteiger partial charge in [-0.25, -0.2) is 14.6 Å². The summed E-state index contributed by atoms with van der Waals surface area (Å²) in [5, 5.41) is 11.2. The molecule has 3 rings (SSSR count). The van der Waals surface area contributed by atoms with E-state index < -0.39 is 49.6 Å². The predicted octanol–water partition coefficient (Wildman–Crippen LogP) is 5.58. The molecule has 2 N–H and O–H groups in total. The number of anilines is 2. The third-order valence-electron chi connectivity index (χ3n) is 7.42. The number of nitrogens with one attached hydrogen (secondary N) is 2. The summed E-state index contributed by atoms with van der Waals surface area (Å²) in [7, 11) is -1.02. The standard InChI is InChI=1S/C34H51N5O8SSi/c1-31(2,3)45-28(42)34(10,11)47-38-25(24-19-48-29(36-24)37-30(43)46-32(4,5)6)26(40)35-23-17-39(27(23)41)22-15-13-21(14-16-22)18-44-20-49(12)33(7,8)9/h13-16,19,23,49H,17-18,20H2,1-12H3,(H,35,40)(H,36,37,43)/b38-25-/t23-,49?/m0/s1. The van der Waals surface area contributed by atoms with Crippen LogP contribution in [0.5, 0.6) is 0 Å². The molecule has 1 fully saturated rings. The normalized spacial score (nSPS) is 16.4. The average Bonchev–Trinajstić information content (AvgIpc) is 3.40. The number of rotatable bonds is 12. The van der Waals surface area contributed by atoms with Gasteiger partial charge in [-0.1, -0.05) is 44.6 Å². The lowest BCUT2D eigenvalue weighted by molar-refractivity contribution is -0.179. The van der Waals surface area contributed by atoms with Gasteiger partial charge in [-0.05, 0) is 78.1 Å². The topological polar surface area (TPSA) is 158 Å². The van der Waals surface area contributed by atoms with E-state index in [4.69, 9.17) is 19.0 Å². The molecule has 0 saturated carbocycles. The largest absolute Gasteiger partial charge is 0.457 e.